The van der Waals surface area contributed by atoms with Crippen molar-refractivity contribution in [2.75, 3.05) is 0 Å². The minimum Gasteiger partial charge on any atom is -0.0622 e. The van der Waals surface area contributed by atoms with Gasteiger partial charge in [0.15, 0.2) is 0 Å². The lowest BCUT2D eigenvalue weighted by atomic mass is 9.94. The average molecular weight is 577 g/mol. The molecule has 0 heteroatoms. The van der Waals surface area contributed by atoms with Crippen LogP contribution >= 0.6 is 0 Å². The zero-order valence-electron chi connectivity index (χ0n) is 50.1. The lowest BCUT2D eigenvalue weighted by Crippen LogP contribution is -1.85. The van der Waals surface area contributed by atoms with E-state index in [2.05, 4.69) is 0 Å². The maximum atomic E-state index is 9.32. The molecule has 0 unspecified atom stereocenters. The summed E-state index contributed by atoms with van der Waals surface area (Å²) in [7, 11) is 0. The van der Waals surface area contributed by atoms with E-state index in [1.54, 1.807) is 0 Å². The second-order valence-electron chi connectivity index (χ2n) is 8.85. The van der Waals surface area contributed by atoms with Gasteiger partial charge in [0.1, 0.15) is 0 Å². The van der Waals surface area contributed by atoms with Gasteiger partial charge in [0, 0.05) is 0 Å². The van der Waals surface area contributed by atoms with Gasteiger partial charge in [-0.3, -0.25) is 0 Å². The second-order valence-corrected chi connectivity index (χ2v) is 8.85. The topological polar surface area (TPSA) is 0 Å². The first-order chi connectivity index (χ1) is 32.9. The first-order valence-electron chi connectivity index (χ1n) is 26.6. The Morgan fingerprint density at radius 3 is 1.02 bits per heavy atom. The monoisotopic (exact) mass is 576 g/mol. The molecule has 0 atom stereocenters. The molecule has 43 heavy (non-hydrogen) atoms. The molecule has 204 valence electrons. The van der Waals surface area contributed by atoms with Crippen LogP contribution in [0.2, 0.25) is 0 Å². The highest BCUT2D eigenvalue weighted by Gasteiger charge is 2.07. The molecule has 0 aromatic heterocycles. The van der Waals surface area contributed by atoms with E-state index < -0.39 is 236 Å². The Morgan fingerprint density at radius 2 is 0.558 bits per heavy atom. The van der Waals surface area contributed by atoms with E-state index in [-0.39, 0.29) is 5.56 Å². The molecule has 7 rings (SSSR count). The molecule has 0 radical (unpaired) electrons. The van der Waals surface area contributed by atoms with E-state index >= 15 is 0 Å². The van der Waals surface area contributed by atoms with Crippen molar-refractivity contribution in [3.63, 3.8) is 0 Å². The van der Waals surface area contributed by atoms with Gasteiger partial charge in [0.2, 0.25) is 0 Å². The molecule has 7 aromatic rings. The highest BCUT2D eigenvalue weighted by atomic mass is 14.1. The molecule has 0 N–H and O–H groups in total. The first-order valence-corrected chi connectivity index (χ1v) is 12.6. The fourth-order valence-corrected chi connectivity index (χ4v) is 3.89. The summed E-state index contributed by atoms with van der Waals surface area (Å²) >= 11 is 0. The zero-order chi connectivity index (χ0) is 53.4. The van der Waals surface area contributed by atoms with Crippen LogP contribution in [0, 0.1) is 6.92 Å². The molecule has 0 fully saturated rings. The summed E-state index contributed by atoms with van der Waals surface area (Å²) in [6.07, 6.45) is 0. The SMILES string of the molecule is [2H]c1c(-c2c([2H])c([2H])c(C)c([2H])c2[2H])cc(-c2c([2H])c([2H])c([2H])c(-c3c([2H])c([2H])c(-c4c([2H])c([2H])c([2H])c(-c5c([2H])c([2H])c([2H])c(-c6c([2H])c([2H])c([2H])c([2H])c6[2H])c5[2H])c4[2H])c([2H])c3[2H])c2[2H])c([2H])c1[2H]. The average Bonchev–Trinajstić information content (AvgIpc) is 3.33. The quantitative estimate of drug-likeness (QED) is 0.185. The Balaban J connectivity index is 1.53. The number of benzene rings is 7. The first kappa shape index (κ1) is 9.79. The molecule has 0 heterocycles. The van der Waals surface area contributed by atoms with Gasteiger partial charge >= 0.3 is 0 Å². The van der Waals surface area contributed by atoms with Crippen molar-refractivity contribution in [2.24, 2.45) is 0 Å². The predicted octanol–water partition coefficient (Wildman–Crippen LogP) is 12.0. The molecular formula is C43H32. The third kappa shape index (κ3) is 5.82. The van der Waals surface area contributed by atoms with E-state index in [0.29, 0.717) is 0 Å². The van der Waals surface area contributed by atoms with Crippen LogP contribution in [-0.4, -0.2) is 0 Å². The standard InChI is InChI=1S/C43H32/c1-31-19-21-33(22-20-31)37-12-6-16-41(28-37)43-18-8-14-39(30-43)35-25-23-34(24-26-35)38-13-7-17-42(29-38)40-15-5-11-36(27-40)32-9-3-2-4-10-32/h2-30H,1H3/i2D,3D,4D,5D,6D,7D,8D,9D,10D,11D,12D,13D,14D,15D,16D,17D,18D,19D,20D,21D,22D,23D,24D,25D,26D,27D,29D,30D. The molecule has 0 aliphatic heterocycles. The minimum absolute atomic E-state index is 0.0386. The van der Waals surface area contributed by atoms with Crippen molar-refractivity contribution < 1.29 is 38.4 Å². The third-order valence-corrected chi connectivity index (χ3v) is 5.97. The molecule has 0 saturated heterocycles. The van der Waals surface area contributed by atoms with Gasteiger partial charge in [0.05, 0.1) is 38.4 Å². The number of rotatable bonds is 6. The van der Waals surface area contributed by atoms with Crippen LogP contribution in [0.15, 0.2) is 175 Å². The van der Waals surface area contributed by atoms with E-state index in [0.717, 1.165) is 6.07 Å². The summed E-state index contributed by atoms with van der Waals surface area (Å²) in [6.45, 7) is 1.33. The van der Waals surface area contributed by atoms with E-state index in [1.165, 1.54) is 6.92 Å². The van der Waals surface area contributed by atoms with Gasteiger partial charge in [-0.25, -0.2) is 0 Å². The fourth-order valence-electron chi connectivity index (χ4n) is 3.89. The highest BCUT2D eigenvalue weighted by molar-refractivity contribution is 5.80. The van der Waals surface area contributed by atoms with Crippen LogP contribution in [0.25, 0.3) is 66.8 Å². The number of hydrogen-bond donors (Lipinski definition) is 0. The Bertz CT molecular complexity index is 3490. The Morgan fingerprint density at radius 1 is 0.279 bits per heavy atom. The molecule has 0 bridgehead atoms. The largest absolute Gasteiger partial charge is 0.0636 e. The normalized spacial score (nSPS) is 20.0. The molecule has 0 aliphatic rings. The molecule has 7 aromatic carbocycles. The van der Waals surface area contributed by atoms with Crippen molar-refractivity contribution in [1.29, 1.82) is 0 Å². The zero-order valence-corrected chi connectivity index (χ0v) is 22.1. The lowest BCUT2D eigenvalue weighted by Gasteiger charge is -2.10. The van der Waals surface area contributed by atoms with Crippen molar-refractivity contribution in [2.45, 2.75) is 6.92 Å². The van der Waals surface area contributed by atoms with Crippen molar-refractivity contribution in [3.05, 3.63) is 181 Å². The molecule has 0 nitrogen and oxygen atoms in total. The van der Waals surface area contributed by atoms with Crippen molar-refractivity contribution in [3.8, 4) is 66.8 Å². The summed E-state index contributed by atoms with van der Waals surface area (Å²) in [5.74, 6) is 0. The van der Waals surface area contributed by atoms with Crippen LogP contribution in [0.1, 0.15) is 43.9 Å². The fraction of sp³-hybridized carbons (Fsp3) is 0.0233. The smallest absolute Gasteiger partial charge is 0.0622 e. The van der Waals surface area contributed by atoms with E-state index in [1.807, 2.05) is 0 Å². The molecule has 0 spiro atoms. The van der Waals surface area contributed by atoms with E-state index in [4.69, 9.17) is 32.9 Å². The van der Waals surface area contributed by atoms with E-state index in [9.17, 15) is 5.48 Å². The van der Waals surface area contributed by atoms with Gasteiger partial charge in [0.25, 0.3) is 0 Å². The van der Waals surface area contributed by atoms with Gasteiger partial charge < -0.3 is 0 Å². The summed E-state index contributed by atoms with van der Waals surface area (Å²) in [4.78, 5) is 0. The van der Waals surface area contributed by atoms with Crippen LogP contribution in [-0.2, 0) is 0 Å². The molecular weight excluding hydrogens is 516 g/mol. The summed E-state index contributed by atoms with van der Waals surface area (Å²) in [5.41, 5.74) is -8.97. The number of hydrogen-bond acceptors (Lipinski definition) is 0. The molecule has 0 amide bonds. The lowest BCUT2D eigenvalue weighted by molar-refractivity contribution is 1.47. The van der Waals surface area contributed by atoms with Crippen molar-refractivity contribution >= 4 is 0 Å². The molecule has 0 aliphatic carbocycles. The third-order valence-electron chi connectivity index (χ3n) is 5.97. The van der Waals surface area contributed by atoms with Gasteiger partial charge in [-0.05, 0) is 97.9 Å². The summed E-state index contributed by atoms with van der Waals surface area (Å²) in [5, 5.41) is 0. The van der Waals surface area contributed by atoms with Crippen LogP contribution in [0.4, 0.5) is 0 Å². The van der Waals surface area contributed by atoms with Crippen molar-refractivity contribution in [1.82, 2.24) is 0 Å². The maximum Gasteiger partial charge on any atom is 0.0636 e. The van der Waals surface area contributed by atoms with Gasteiger partial charge in [-0.1, -0.05) is 157 Å². The summed E-state index contributed by atoms with van der Waals surface area (Å²) < 4.78 is 245. The Labute approximate surface area is 293 Å². The minimum atomic E-state index is -1.11. The Hall–Kier alpha value is -5.46. The van der Waals surface area contributed by atoms with Crippen LogP contribution < -0.4 is 0 Å². The van der Waals surface area contributed by atoms with Gasteiger partial charge in [-0.15, -0.1) is 0 Å². The molecule has 0 saturated carbocycles. The Kier molecular flexibility index (Phi) is 2.69. The maximum absolute atomic E-state index is 9.32. The predicted molar refractivity (Wildman–Crippen MR) is 184 cm³/mol. The highest BCUT2D eigenvalue weighted by Crippen LogP contribution is 2.33. The van der Waals surface area contributed by atoms with Gasteiger partial charge in [-0.2, -0.15) is 0 Å². The summed E-state index contributed by atoms with van der Waals surface area (Å²) in [6, 6.07) is -24.6. The van der Waals surface area contributed by atoms with Crippen LogP contribution in [0.5, 0.6) is 0 Å². The van der Waals surface area contributed by atoms with Crippen LogP contribution in [0.3, 0.4) is 0 Å². The second kappa shape index (κ2) is 11.8.